The molecule has 27 heavy (non-hydrogen) atoms. The van der Waals surface area contributed by atoms with Gasteiger partial charge in [0.05, 0.1) is 0 Å². The van der Waals surface area contributed by atoms with Gasteiger partial charge in [0.15, 0.2) is 5.96 Å². The van der Waals surface area contributed by atoms with Crippen molar-refractivity contribution in [3.05, 3.63) is 29.8 Å². The highest BCUT2D eigenvalue weighted by Gasteiger charge is 2.11. The Bertz CT molecular complexity index is 574. The molecule has 2 N–H and O–H groups in total. The number of aryl methyl sites for hydroxylation is 1. The van der Waals surface area contributed by atoms with E-state index < -0.39 is 0 Å². The lowest BCUT2D eigenvalue weighted by molar-refractivity contribution is 0.280. The fraction of sp³-hybridized carbons (Fsp3) is 0.667. The Balaban J connectivity index is 1.68. The van der Waals surface area contributed by atoms with Gasteiger partial charge in [0.25, 0.3) is 0 Å². The van der Waals surface area contributed by atoms with Gasteiger partial charge in [-0.1, -0.05) is 12.1 Å². The molecule has 1 aromatic rings. The summed E-state index contributed by atoms with van der Waals surface area (Å²) < 4.78 is 0. The first-order valence-electron chi connectivity index (χ1n) is 10.3. The van der Waals surface area contributed by atoms with Crippen LogP contribution in [-0.2, 0) is 0 Å². The highest BCUT2D eigenvalue weighted by Crippen LogP contribution is 2.14. The van der Waals surface area contributed by atoms with Gasteiger partial charge in [0.1, 0.15) is 0 Å². The molecule has 0 spiro atoms. The molecule has 6 heteroatoms. The quantitative estimate of drug-likeness (QED) is 0.535. The average molecular weight is 375 g/mol. The lowest BCUT2D eigenvalue weighted by Gasteiger charge is -2.24. The molecule has 1 fully saturated rings. The zero-order chi connectivity index (χ0) is 19.5. The van der Waals surface area contributed by atoms with Gasteiger partial charge >= 0.3 is 0 Å². The van der Waals surface area contributed by atoms with E-state index in [1.165, 1.54) is 37.3 Å². The highest BCUT2D eigenvalue weighted by molar-refractivity contribution is 5.79. The number of likely N-dealkylation sites (N-methyl/N-ethyl adjacent to an activating group) is 2. The summed E-state index contributed by atoms with van der Waals surface area (Å²) in [5.74, 6) is 0.891. The first kappa shape index (κ1) is 21.5. The summed E-state index contributed by atoms with van der Waals surface area (Å²) in [5.41, 5.74) is 2.59. The molecule has 0 atom stereocenters. The van der Waals surface area contributed by atoms with E-state index >= 15 is 0 Å². The smallest absolute Gasteiger partial charge is 0.191 e. The van der Waals surface area contributed by atoms with Crippen molar-refractivity contribution in [2.45, 2.75) is 20.3 Å². The number of hydrogen-bond acceptors (Lipinski definition) is 4. The van der Waals surface area contributed by atoms with Crippen LogP contribution in [0.5, 0.6) is 0 Å². The Hall–Kier alpha value is -1.79. The average Bonchev–Trinajstić information content (AvgIpc) is 2.88. The van der Waals surface area contributed by atoms with Crippen molar-refractivity contribution in [1.29, 1.82) is 0 Å². The monoisotopic (exact) mass is 374 g/mol. The SMILES string of the molecule is CCN(CCNC(=NC)NCCN1CCCN(C)CC1)c1cccc(C)c1. The molecule has 0 bridgehead atoms. The summed E-state index contributed by atoms with van der Waals surface area (Å²) in [5, 5.41) is 6.90. The maximum absolute atomic E-state index is 4.36. The van der Waals surface area contributed by atoms with Crippen LogP contribution in [0.3, 0.4) is 0 Å². The van der Waals surface area contributed by atoms with Crippen LogP contribution in [0.4, 0.5) is 5.69 Å². The fourth-order valence-corrected chi connectivity index (χ4v) is 3.48. The van der Waals surface area contributed by atoms with Crippen molar-refractivity contribution in [3.63, 3.8) is 0 Å². The minimum atomic E-state index is 0.871. The number of guanidine groups is 1. The first-order valence-corrected chi connectivity index (χ1v) is 10.3. The normalized spacial score (nSPS) is 16.8. The maximum atomic E-state index is 4.36. The Morgan fingerprint density at radius 1 is 1.15 bits per heavy atom. The predicted octanol–water partition coefficient (Wildman–Crippen LogP) is 1.62. The first-order chi connectivity index (χ1) is 13.1. The van der Waals surface area contributed by atoms with Crippen LogP contribution in [-0.4, -0.2) is 88.8 Å². The van der Waals surface area contributed by atoms with Crippen LogP contribution in [0.1, 0.15) is 18.9 Å². The molecule has 0 aliphatic carbocycles. The number of aliphatic imine (C=N–C) groups is 1. The molecule has 2 rings (SSSR count). The number of rotatable bonds is 8. The minimum Gasteiger partial charge on any atom is -0.370 e. The van der Waals surface area contributed by atoms with Crippen molar-refractivity contribution >= 4 is 11.6 Å². The van der Waals surface area contributed by atoms with E-state index in [9.17, 15) is 0 Å². The molecule has 1 aliphatic heterocycles. The van der Waals surface area contributed by atoms with Gasteiger partial charge in [-0.25, -0.2) is 0 Å². The maximum Gasteiger partial charge on any atom is 0.191 e. The molecule has 1 heterocycles. The summed E-state index contributed by atoms with van der Waals surface area (Å²) in [6.45, 7) is 13.9. The third kappa shape index (κ3) is 7.77. The van der Waals surface area contributed by atoms with E-state index in [4.69, 9.17) is 0 Å². The summed E-state index contributed by atoms with van der Waals surface area (Å²) in [4.78, 5) is 11.7. The summed E-state index contributed by atoms with van der Waals surface area (Å²) in [7, 11) is 4.05. The molecular formula is C21H38N6. The Kier molecular flexibility index (Phi) is 9.42. The molecule has 1 aliphatic rings. The lowest BCUT2D eigenvalue weighted by Crippen LogP contribution is -2.44. The Morgan fingerprint density at radius 2 is 1.96 bits per heavy atom. The second-order valence-electron chi connectivity index (χ2n) is 7.34. The summed E-state index contributed by atoms with van der Waals surface area (Å²) >= 11 is 0. The lowest BCUT2D eigenvalue weighted by atomic mass is 10.2. The number of nitrogens with one attached hydrogen (secondary N) is 2. The van der Waals surface area contributed by atoms with Crippen molar-refractivity contribution in [2.75, 3.05) is 77.9 Å². The van der Waals surface area contributed by atoms with Crippen molar-refractivity contribution in [1.82, 2.24) is 20.4 Å². The standard InChI is InChI=1S/C21H38N6/c1-5-27(20-9-6-8-19(2)18-20)15-11-24-21(22-3)23-10-14-26-13-7-12-25(4)16-17-26/h6,8-9,18H,5,7,10-17H2,1-4H3,(H2,22,23,24). The van der Waals surface area contributed by atoms with Crippen molar-refractivity contribution in [2.24, 2.45) is 4.99 Å². The van der Waals surface area contributed by atoms with Gasteiger partial charge < -0.3 is 25.3 Å². The minimum absolute atomic E-state index is 0.871. The molecule has 0 radical (unpaired) electrons. The molecule has 0 aromatic heterocycles. The van der Waals surface area contributed by atoms with Crippen LogP contribution in [0.25, 0.3) is 0 Å². The highest BCUT2D eigenvalue weighted by atomic mass is 15.2. The summed E-state index contributed by atoms with van der Waals surface area (Å²) in [6.07, 6.45) is 1.26. The molecule has 0 saturated carbocycles. The fourth-order valence-electron chi connectivity index (χ4n) is 3.48. The zero-order valence-corrected chi connectivity index (χ0v) is 17.7. The Labute approximate surface area is 165 Å². The summed E-state index contributed by atoms with van der Waals surface area (Å²) in [6, 6.07) is 8.70. The third-order valence-corrected chi connectivity index (χ3v) is 5.18. The topological polar surface area (TPSA) is 46.1 Å². The van der Waals surface area contributed by atoms with E-state index in [1.54, 1.807) is 0 Å². The largest absolute Gasteiger partial charge is 0.370 e. The second-order valence-corrected chi connectivity index (χ2v) is 7.34. The molecule has 1 saturated heterocycles. The van der Waals surface area contributed by atoms with Crippen LogP contribution in [0.15, 0.2) is 29.3 Å². The predicted molar refractivity (Wildman–Crippen MR) is 117 cm³/mol. The van der Waals surface area contributed by atoms with Crippen molar-refractivity contribution in [3.8, 4) is 0 Å². The van der Waals surface area contributed by atoms with Crippen LogP contribution in [0, 0.1) is 6.92 Å². The number of benzene rings is 1. The van der Waals surface area contributed by atoms with Crippen LogP contribution < -0.4 is 15.5 Å². The van der Waals surface area contributed by atoms with Crippen LogP contribution in [0.2, 0.25) is 0 Å². The van der Waals surface area contributed by atoms with E-state index in [0.717, 1.165) is 45.2 Å². The van der Waals surface area contributed by atoms with Gasteiger partial charge in [0, 0.05) is 58.5 Å². The molecular weight excluding hydrogens is 336 g/mol. The van der Waals surface area contributed by atoms with Gasteiger partial charge in [-0.3, -0.25) is 4.99 Å². The van der Waals surface area contributed by atoms with E-state index in [1.807, 2.05) is 7.05 Å². The van der Waals surface area contributed by atoms with Gasteiger partial charge in [-0.2, -0.15) is 0 Å². The molecule has 1 aromatic carbocycles. The van der Waals surface area contributed by atoms with Gasteiger partial charge in [-0.15, -0.1) is 0 Å². The van der Waals surface area contributed by atoms with Gasteiger partial charge in [-0.05, 0) is 58.1 Å². The third-order valence-electron chi connectivity index (χ3n) is 5.18. The Morgan fingerprint density at radius 3 is 2.70 bits per heavy atom. The zero-order valence-electron chi connectivity index (χ0n) is 17.7. The molecule has 152 valence electrons. The van der Waals surface area contributed by atoms with E-state index in [-0.39, 0.29) is 0 Å². The second kappa shape index (κ2) is 11.8. The van der Waals surface area contributed by atoms with E-state index in [0.29, 0.717) is 0 Å². The van der Waals surface area contributed by atoms with Gasteiger partial charge in [0.2, 0.25) is 0 Å². The number of hydrogen-bond donors (Lipinski definition) is 2. The molecule has 6 nitrogen and oxygen atoms in total. The van der Waals surface area contributed by atoms with Crippen LogP contribution >= 0.6 is 0 Å². The number of anilines is 1. The van der Waals surface area contributed by atoms with Crippen molar-refractivity contribution < 1.29 is 0 Å². The van der Waals surface area contributed by atoms with E-state index in [2.05, 4.69) is 75.5 Å². The molecule has 0 amide bonds. The number of nitrogens with zero attached hydrogens (tertiary/aromatic N) is 4. The molecule has 0 unspecified atom stereocenters.